The van der Waals surface area contributed by atoms with Crippen molar-refractivity contribution in [3.8, 4) is 0 Å². The predicted molar refractivity (Wildman–Crippen MR) is 113 cm³/mol. The average molecular weight is 401 g/mol. The van der Waals surface area contributed by atoms with Gasteiger partial charge in [0.2, 0.25) is 0 Å². The van der Waals surface area contributed by atoms with Crippen molar-refractivity contribution >= 4 is 22.7 Å². The van der Waals surface area contributed by atoms with E-state index in [-0.39, 0.29) is 17.7 Å². The number of carboxylic acids is 1. The summed E-state index contributed by atoms with van der Waals surface area (Å²) in [5.41, 5.74) is 2.84. The Bertz CT molecular complexity index is 878. The van der Waals surface area contributed by atoms with Gasteiger partial charge in [0.1, 0.15) is 0 Å². The van der Waals surface area contributed by atoms with Gasteiger partial charge in [-0.05, 0) is 37.7 Å². The summed E-state index contributed by atoms with van der Waals surface area (Å²) < 4.78 is 7.56. The molecule has 0 amide bonds. The molecule has 2 aliphatic rings. The molecule has 0 aromatic carbocycles. The molecule has 0 radical (unpaired) electrons. The molecule has 1 saturated carbocycles. The number of hydrogen-bond donors (Lipinski definition) is 1. The van der Waals surface area contributed by atoms with Crippen LogP contribution in [0.25, 0.3) is 11.0 Å². The normalized spacial score (nSPS) is 19.4. The van der Waals surface area contributed by atoms with Crippen LogP contribution in [-0.4, -0.2) is 52.1 Å². The highest BCUT2D eigenvalue weighted by molar-refractivity contribution is 5.98. The fourth-order valence-electron chi connectivity index (χ4n) is 4.82. The molecule has 2 fully saturated rings. The number of fused-ring (bicyclic) bond motifs is 1. The molecule has 158 valence electrons. The molecule has 29 heavy (non-hydrogen) atoms. The zero-order chi connectivity index (χ0) is 20.5. The Balaban J connectivity index is 1.87. The molecule has 0 atom stereocenters. The number of rotatable bonds is 5. The summed E-state index contributed by atoms with van der Waals surface area (Å²) in [6.07, 6.45) is 7.98. The van der Waals surface area contributed by atoms with E-state index in [9.17, 15) is 9.90 Å². The zero-order valence-corrected chi connectivity index (χ0v) is 17.7. The average Bonchev–Trinajstić information content (AvgIpc) is 3.14. The van der Waals surface area contributed by atoms with Crippen molar-refractivity contribution in [3.05, 3.63) is 17.5 Å². The highest BCUT2D eigenvalue weighted by Gasteiger charge is 2.29. The van der Waals surface area contributed by atoms with Gasteiger partial charge in [0, 0.05) is 20.2 Å². The number of methoxy groups -OCH3 is 1. The van der Waals surface area contributed by atoms with E-state index in [1.165, 1.54) is 19.3 Å². The van der Waals surface area contributed by atoms with Crippen LogP contribution in [0.15, 0.2) is 6.07 Å². The molecule has 0 bridgehead atoms. The van der Waals surface area contributed by atoms with Crippen molar-refractivity contribution in [2.45, 2.75) is 76.9 Å². The summed E-state index contributed by atoms with van der Waals surface area (Å²) in [6.45, 7) is 6.00. The number of pyridine rings is 1. The molecule has 3 heterocycles. The van der Waals surface area contributed by atoms with Gasteiger partial charge in [-0.25, -0.2) is 14.5 Å². The van der Waals surface area contributed by atoms with E-state index in [1.54, 1.807) is 13.2 Å². The molecule has 0 unspecified atom stereocenters. The van der Waals surface area contributed by atoms with Gasteiger partial charge in [-0.2, -0.15) is 5.10 Å². The minimum absolute atomic E-state index is 0.105. The van der Waals surface area contributed by atoms with E-state index >= 15 is 0 Å². The van der Waals surface area contributed by atoms with Crippen LogP contribution in [-0.2, 0) is 4.74 Å². The van der Waals surface area contributed by atoms with E-state index in [2.05, 4.69) is 23.7 Å². The first-order chi connectivity index (χ1) is 14.0. The van der Waals surface area contributed by atoms with E-state index < -0.39 is 5.97 Å². The molecule has 7 heteroatoms. The second-order valence-electron chi connectivity index (χ2n) is 8.73. The first kappa shape index (κ1) is 20.1. The highest BCUT2D eigenvalue weighted by Crippen LogP contribution is 2.38. The van der Waals surface area contributed by atoms with Gasteiger partial charge in [0.25, 0.3) is 0 Å². The van der Waals surface area contributed by atoms with Crippen LogP contribution in [0, 0.1) is 0 Å². The van der Waals surface area contributed by atoms with E-state index in [4.69, 9.17) is 9.84 Å². The number of ether oxygens (including phenoxy) is 1. The molecule has 1 saturated heterocycles. The second-order valence-corrected chi connectivity index (χ2v) is 8.73. The molecule has 1 aliphatic carbocycles. The Morgan fingerprint density at radius 1 is 1.17 bits per heavy atom. The van der Waals surface area contributed by atoms with Crippen LogP contribution in [0.5, 0.6) is 0 Å². The first-order valence-corrected chi connectivity index (χ1v) is 10.9. The van der Waals surface area contributed by atoms with Gasteiger partial charge in [-0.3, -0.25) is 0 Å². The SMILES string of the molecule is COC1CCN(c2cc(C(=O)O)nc3c2c(C(C)C)nn3C2CCCCC2)CC1. The number of carbonyl (C=O) groups is 1. The maximum Gasteiger partial charge on any atom is 0.354 e. The van der Waals surface area contributed by atoms with Crippen LogP contribution in [0.4, 0.5) is 5.69 Å². The summed E-state index contributed by atoms with van der Waals surface area (Å²) >= 11 is 0. The molecule has 4 rings (SSSR count). The lowest BCUT2D eigenvalue weighted by molar-refractivity contribution is 0.0690. The Morgan fingerprint density at radius 2 is 1.86 bits per heavy atom. The van der Waals surface area contributed by atoms with Crippen molar-refractivity contribution in [1.82, 2.24) is 14.8 Å². The number of hydrogen-bond acceptors (Lipinski definition) is 5. The van der Waals surface area contributed by atoms with Gasteiger partial charge < -0.3 is 14.7 Å². The van der Waals surface area contributed by atoms with Crippen molar-refractivity contribution in [2.24, 2.45) is 0 Å². The fourth-order valence-corrected chi connectivity index (χ4v) is 4.82. The molecule has 1 aliphatic heterocycles. The number of piperidine rings is 1. The fraction of sp³-hybridized carbons (Fsp3) is 0.682. The summed E-state index contributed by atoms with van der Waals surface area (Å²) in [6, 6.07) is 2.05. The number of aromatic nitrogens is 3. The van der Waals surface area contributed by atoms with Gasteiger partial charge in [0.15, 0.2) is 11.3 Å². The number of nitrogens with zero attached hydrogens (tertiary/aromatic N) is 4. The minimum Gasteiger partial charge on any atom is -0.477 e. The maximum absolute atomic E-state index is 11.9. The van der Waals surface area contributed by atoms with Crippen molar-refractivity contribution < 1.29 is 14.6 Å². The Labute approximate surface area is 172 Å². The molecule has 2 aromatic rings. The summed E-state index contributed by atoms with van der Waals surface area (Å²) in [5, 5.41) is 15.8. The topological polar surface area (TPSA) is 80.5 Å². The smallest absolute Gasteiger partial charge is 0.354 e. The summed E-state index contributed by atoms with van der Waals surface area (Å²) in [4.78, 5) is 18.8. The third-order valence-electron chi connectivity index (χ3n) is 6.47. The quantitative estimate of drug-likeness (QED) is 0.802. The molecular weight excluding hydrogens is 368 g/mol. The van der Waals surface area contributed by atoms with E-state index in [1.807, 2.05) is 4.68 Å². The van der Waals surface area contributed by atoms with Crippen molar-refractivity contribution in [1.29, 1.82) is 0 Å². The van der Waals surface area contributed by atoms with Crippen LogP contribution >= 0.6 is 0 Å². The monoisotopic (exact) mass is 400 g/mol. The molecule has 1 N–H and O–H groups in total. The Kier molecular flexibility index (Phi) is 5.76. The third kappa shape index (κ3) is 3.84. The number of carboxylic acid groups (broad SMARTS) is 1. The van der Waals surface area contributed by atoms with Crippen molar-refractivity contribution in [3.63, 3.8) is 0 Å². The van der Waals surface area contributed by atoms with Crippen molar-refractivity contribution in [2.75, 3.05) is 25.1 Å². The highest BCUT2D eigenvalue weighted by atomic mass is 16.5. The largest absolute Gasteiger partial charge is 0.477 e. The third-order valence-corrected chi connectivity index (χ3v) is 6.47. The Hall–Kier alpha value is -2.15. The van der Waals surface area contributed by atoms with Gasteiger partial charge in [0.05, 0.1) is 28.9 Å². The van der Waals surface area contributed by atoms with Crippen LogP contribution in [0.3, 0.4) is 0 Å². The van der Waals surface area contributed by atoms with E-state index in [0.29, 0.717) is 6.04 Å². The van der Waals surface area contributed by atoms with Crippen LogP contribution < -0.4 is 4.90 Å². The maximum atomic E-state index is 11.9. The van der Waals surface area contributed by atoms with Crippen LogP contribution in [0.1, 0.15) is 86.9 Å². The predicted octanol–water partition coefficient (Wildman–Crippen LogP) is 4.37. The lowest BCUT2D eigenvalue weighted by Crippen LogP contribution is -2.37. The summed E-state index contributed by atoms with van der Waals surface area (Å²) in [5.74, 6) is -0.738. The lowest BCUT2D eigenvalue weighted by Gasteiger charge is -2.33. The van der Waals surface area contributed by atoms with Gasteiger partial charge in [-0.1, -0.05) is 33.1 Å². The van der Waals surface area contributed by atoms with E-state index in [0.717, 1.165) is 61.2 Å². The molecule has 0 spiro atoms. The molecule has 2 aromatic heterocycles. The number of anilines is 1. The summed E-state index contributed by atoms with van der Waals surface area (Å²) in [7, 11) is 1.76. The lowest BCUT2D eigenvalue weighted by atomic mass is 9.95. The van der Waals surface area contributed by atoms with Crippen LogP contribution in [0.2, 0.25) is 0 Å². The van der Waals surface area contributed by atoms with Gasteiger partial charge in [-0.15, -0.1) is 0 Å². The van der Waals surface area contributed by atoms with Gasteiger partial charge >= 0.3 is 5.97 Å². The first-order valence-electron chi connectivity index (χ1n) is 10.9. The molecule has 7 nitrogen and oxygen atoms in total. The second kappa shape index (κ2) is 8.30. The standard InChI is InChI=1S/C22H32N4O3/c1-14(2)20-19-18(25-11-9-16(29-3)10-12-25)13-17(22(27)28)23-21(19)26(24-20)15-7-5-4-6-8-15/h13-16H,4-12H2,1-3H3,(H,27,28). The minimum atomic E-state index is -0.984. The number of aromatic carboxylic acids is 1. The Morgan fingerprint density at radius 3 is 2.45 bits per heavy atom. The zero-order valence-electron chi connectivity index (χ0n) is 17.7. The molecular formula is C22H32N4O3.